The van der Waals surface area contributed by atoms with Gasteiger partial charge in [0.1, 0.15) is 5.75 Å². The molecular formula is C29H27N3O3S. The number of carbonyl (C=O) groups excluding carboxylic acids is 1. The van der Waals surface area contributed by atoms with Gasteiger partial charge in [0.05, 0.1) is 17.7 Å². The van der Waals surface area contributed by atoms with Crippen LogP contribution in [0.3, 0.4) is 0 Å². The Morgan fingerprint density at radius 2 is 1.81 bits per heavy atom. The number of allylic oxidation sites excluding steroid dienone is 2. The van der Waals surface area contributed by atoms with Crippen molar-refractivity contribution in [2.45, 2.75) is 19.9 Å². The van der Waals surface area contributed by atoms with Gasteiger partial charge in [0.15, 0.2) is 10.6 Å². The van der Waals surface area contributed by atoms with E-state index in [-0.39, 0.29) is 11.3 Å². The highest BCUT2D eigenvalue weighted by molar-refractivity contribution is 7.07. The minimum Gasteiger partial charge on any atom is -0.496 e. The largest absolute Gasteiger partial charge is 0.496 e. The Morgan fingerprint density at radius 1 is 1.08 bits per heavy atom. The van der Waals surface area contributed by atoms with Gasteiger partial charge in [0.25, 0.3) is 5.56 Å². The van der Waals surface area contributed by atoms with Crippen LogP contribution in [0.1, 0.15) is 31.0 Å². The summed E-state index contributed by atoms with van der Waals surface area (Å²) < 4.78 is 7.98. The van der Waals surface area contributed by atoms with Gasteiger partial charge in [0.2, 0.25) is 0 Å². The Bertz CT molecular complexity index is 1710. The summed E-state index contributed by atoms with van der Waals surface area (Å²) >= 11 is 1.33. The number of benzene rings is 3. The summed E-state index contributed by atoms with van der Waals surface area (Å²) in [7, 11) is 5.59. The fourth-order valence-electron chi connectivity index (χ4n) is 4.80. The van der Waals surface area contributed by atoms with Crippen molar-refractivity contribution in [2.75, 3.05) is 26.1 Å². The second-order valence-electron chi connectivity index (χ2n) is 9.03. The van der Waals surface area contributed by atoms with Gasteiger partial charge in [-0.1, -0.05) is 53.8 Å². The van der Waals surface area contributed by atoms with Crippen LogP contribution >= 0.6 is 11.3 Å². The Morgan fingerprint density at radius 3 is 2.47 bits per heavy atom. The third-order valence-electron chi connectivity index (χ3n) is 6.53. The van der Waals surface area contributed by atoms with Gasteiger partial charge in [-0.25, -0.2) is 4.99 Å². The molecule has 0 unspecified atom stereocenters. The smallest absolute Gasteiger partial charge is 0.271 e. The van der Waals surface area contributed by atoms with Crippen LogP contribution in [0, 0.1) is 0 Å². The first-order valence-electron chi connectivity index (χ1n) is 11.7. The van der Waals surface area contributed by atoms with E-state index in [1.165, 1.54) is 18.3 Å². The SMILES string of the molecule is COc1ccc2ccccc2c1[C@H]1C(C(C)=O)=C(C)N=c2sc(=Cc3ccc(N(C)C)cc3)c(=O)n21. The average Bonchev–Trinajstić information content (AvgIpc) is 3.16. The van der Waals surface area contributed by atoms with Crippen molar-refractivity contribution in [1.82, 2.24) is 4.57 Å². The molecule has 0 radical (unpaired) electrons. The van der Waals surface area contributed by atoms with Gasteiger partial charge in [-0.2, -0.15) is 0 Å². The number of methoxy groups -OCH3 is 1. The molecule has 0 N–H and O–H groups in total. The van der Waals surface area contributed by atoms with E-state index in [0.29, 0.717) is 26.4 Å². The zero-order chi connectivity index (χ0) is 25.6. The zero-order valence-electron chi connectivity index (χ0n) is 20.9. The van der Waals surface area contributed by atoms with Crippen molar-refractivity contribution < 1.29 is 9.53 Å². The maximum absolute atomic E-state index is 13.9. The number of carbonyl (C=O) groups is 1. The minimum atomic E-state index is -0.641. The van der Waals surface area contributed by atoms with E-state index in [1.807, 2.05) is 92.7 Å². The number of Topliss-reactive ketones (excluding diaryl/α,β-unsaturated/α-hetero) is 1. The number of hydrogen-bond donors (Lipinski definition) is 0. The van der Waals surface area contributed by atoms with E-state index >= 15 is 0 Å². The molecule has 1 aromatic heterocycles. The van der Waals surface area contributed by atoms with Crippen molar-refractivity contribution in [1.29, 1.82) is 0 Å². The maximum Gasteiger partial charge on any atom is 0.271 e. The molecule has 5 rings (SSSR count). The Labute approximate surface area is 213 Å². The lowest BCUT2D eigenvalue weighted by Crippen LogP contribution is -2.39. The molecule has 2 heterocycles. The van der Waals surface area contributed by atoms with Crippen LogP contribution in [-0.4, -0.2) is 31.6 Å². The Hall–Kier alpha value is -3.97. The van der Waals surface area contributed by atoms with Gasteiger partial charge in [-0.05, 0) is 54.5 Å². The topological polar surface area (TPSA) is 63.9 Å². The predicted molar refractivity (Wildman–Crippen MR) is 146 cm³/mol. The summed E-state index contributed by atoms with van der Waals surface area (Å²) in [6, 6.07) is 19.2. The molecule has 0 saturated heterocycles. The summed E-state index contributed by atoms with van der Waals surface area (Å²) in [4.78, 5) is 34.1. The van der Waals surface area contributed by atoms with Crippen LogP contribution in [0.15, 0.2) is 81.7 Å². The first kappa shape index (κ1) is 23.8. The molecular weight excluding hydrogens is 470 g/mol. The zero-order valence-corrected chi connectivity index (χ0v) is 21.7. The number of fused-ring (bicyclic) bond motifs is 2. The molecule has 0 saturated carbocycles. The predicted octanol–water partition coefficient (Wildman–Crippen LogP) is 4.05. The second-order valence-corrected chi connectivity index (χ2v) is 10.0. The van der Waals surface area contributed by atoms with Gasteiger partial charge in [0, 0.05) is 36.6 Å². The molecule has 36 heavy (non-hydrogen) atoms. The summed E-state index contributed by atoms with van der Waals surface area (Å²) in [5.74, 6) is 0.505. The number of nitrogens with zero attached hydrogens (tertiary/aromatic N) is 3. The quantitative estimate of drug-likeness (QED) is 0.417. The molecule has 1 atom stereocenters. The molecule has 4 aromatic rings. The standard InChI is InChI=1S/C29H27N3O3S/c1-17-25(18(2)33)27(26-22-9-7-6-8-20(22)12-15-23(26)35-5)32-28(34)24(36-29(32)30-17)16-19-10-13-21(14-11-19)31(3)4/h6-16,27H,1-5H3/t27-/m1/s1. The third-order valence-corrected chi connectivity index (χ3v) is 7.52. The Balaban J connectivity index is 1.80. The maximum atomic E-state index is 13.9. The summed E-state index contributed by atoms with van der Waals surface area (Å²) in [6.07, 6.45) is 1.88. The van der Waals surface area contributed by atoms with E-state index in [1.54, 1.807) is 11.7 Å². The average molecular weight is 498 g/mol. The molecule has 7 heteroatoms. The molecule has 0 bridgehead atoms. The highest BCUT2D eigenvalue weighted by Crippen LogP contribution is 2.40. The summed E-state index contributed by atoms with van der Waals surface area (Å²) in [6.45, 7) is 3.36. The van der Waals surface area contributed by atoms with E-state index in [4.69, 9.17) is 9.73 Å². The van der Waals surface area contributed by atoms with E-state index in [2.05, 4.69) is 0 Å². The molecule has 6 nitrogen and oxygen atoms in total. The first-order valence-corrected chi connectivity index (χ1v) is 12.5. The Kier molecular flexibility index (Phi) is 6.10. The monoisotopic (exact) mass is 497 g/mol. The molecule has 1 aliphatic heterocycles. The third kappa shape index (κ3) is 3.95. The van der Waals surface area contributed by atoms with E-state index in [0.717, 1.165) is 27.6 Å². The lowest BCUT2D eigenvalue weighted by molar-refractivity contribution is -0.114. The minimum absolute atomic E-state index is 0.121. The molecule has 0 amide bonds. The molecule has 0 fully saturated rings. The fourth-order valence-corrected chi connectivity index (χ4v) is 5.85. The number of ketones is 1. The van der Waals surface area contributed by atoms with Crippen LogP contribution in [0.5, 0.6) is 5.75 Å². The highest BCUT2D eigenvalue weighted by Gasteiger charge is 2.33. The van der Waals surface area contributed by atoms with Crippen molar-refractivity contribution in [2.24, 2.45) is 4.99 Å². The number of thiazole rings is 1. The van der Waals surface area contributed by atoms with Crippen LogP contribution in [0.25, 0.3) is 16.8 Å². The van der Waals surface area contributed by atoms with Gasteiger partial charge in [-0.3, -0.25) is 14.2 Å². The van der Waals surface area contributed by atoms with Gasteiger partial charge in [-0.15, -0.1) is 0 Å². The van der Waals surface area contributed by atoms with Crippen LogP contribution in [0.2, 0.25) is 0 Å². The lowest BCUT2D eigenvalue weighted by Gasteiger charge is -2.27. The van der Waals surface area contributed by atoms with Gasteiger partial charge < -0.3 is 9.64 Å². The van der Waals surface area contributed by atoms with Crippen molar-refractivity contribution >= 4 is 39.7 Å². The fraction of sp³-hybridized carbons (Fsp3) is 0.207. The molecule has 3 aromatic carbocycles. The van der Waals surface area contributed by atoms with Crippen molar-refractivity contribution in [3.8, 4) is 5.75 Å². The van der Waals surface area contributed by atoms with Crippen LogP contribution in [0.4, 0.5) is 5.69 Å². The number of hydrogen-bond acceptors (Lipinski definition) is 6. The second kappa shape index (κ2) is 9.24. The number of rotatable bonds is 5. The van der Waals surface area contributed by atoms with Gasteiger partial charge >= 0.3 is 0 Å². The van der Waals surface area contributed by atoms with Crippen molar-refractivity contribution in [3.05, 3.63) is 103 Å². The first-order chi connectivity index (χ1) is 17.3. The van der Waals surface area contributed by atoms with Crippen LogP contribution < -0.4 is 24.5 Å². The molecule has 182 valence electrons. The molecule has 1 aliphatic rings. The van der Waals surface area contributed by atoms with Crippen LogP contribution in [-0.2, 0) is 4.79 Å². The highest BCUT2D eigenvalue weighted by atomic mass is 32.1. The summed E-state index contributed by atoms with van der Waals surface area (Å²) in [5.41, 5.74) is 3.73. The molecule has 0 spiro atoms. The number of aromatic nitrogens is 1. The molecule has 0 aliphatic carbocycles. The van der Waals surface area contributed by atoms with E-state index < -0.39 is 6.04 Å². The number of anilines is 1. The summed E-state index contributed by atoms with van der Waals surface area (Å²) in [5, 5.41) is 1.94. The van der Waals surface area contributed by atoms with E-state index in [9.17, 15) is 9.59 Å². The van der Waals surface area contributed by atoms with Crippen molar-refractivity contribution in [3.63, 3.8) is 0 Å². The number of ether oxygens (including phenoxy) is 1. The normalized spacial score (nSPS) is 15.6. The lowest BCUT2D eigenvalue weighted by atomic mass is 9.89.